The van der Waals surface area contributed by atoms with Crippen LogP contribution in [0.3, 0.4) is 0 Å². The summed E-state index contributed by atoms with van der Waals surface area (Å²) in [4.78, 5) is 0. The zero-order valence-corrected chi connectivity index (χ0v) is 12.0. The highest BCUT2D eigenvalue weighted by Gasteiger charge is 2.11. The molecule has 0 saturated heterocycles. The first-order chi connectivity index (χ1) is 10.6. The fraction of sp³-hybridized carbons (Fsp3) is 0.111. The molecule has 0 unspecified atom stereocenters. The van der Waals surface area contributed by atoms with E-state index in [1.165, 1.54) is 0 Å². The van der Waals surface area contributed by atoms with Gasteiger partial charge in [-0.15, -0.1) is 0 Å². The van der Waals surface area contributed by atoms with Gasteiger partial charge in [0.15, 0.2) is 17.5 Å². The maximum absolute atomic E-state index is 13.2. The fourth-order valence-electron chi connectivity index (χ4n) is 1.86. The predicted octanol–water partition coefficient (Wildman–Crippen LogP) is 5.28. The molecule has 2 aromatic carbocycles. The Morgan fingerprint density at radius 1 is 0.909 bits per heavy atom. The smallest absolute Gasteiger partial charge is 0.194 e. The van der Waals surface area contributed by atoms with Crippen molar-refractivity contribution in [1.29, 1.82) is 0 Å². The van der Waals surface area contributed by atoms with Gasteiger partial charge in [0.2, 0.25) is 0 Å². The minimum atomic E-state index is -1.46. The van der Waals surface area contributed by atoms with E-state index < -0.39 is 17.5 Å². The van der Waals surface area contributed by atoms with E-state index in [1.807, 2.05) is 31.2 Å². The highest BCUT2D eigenvalue weighted by molar-refractivity contribution is 5.64. The Balaban J connectivity index is 2.09. The van der Waals surface area contributed by atoms with Crippen LogP contribution < -0.4 is 4.74 Å². The third kappa shape index (κ3) is 4.01. The number of ether oxygens (including phenoxy) is 1. The number of benzene rings is 2. The summed E-state index contributed by atoms with van der Waals surface area (Å²) in [7, 11) is 0. The van der Waals surface area contributed by atoms with E-state index in [0.29, 0.717) is 17.9 Å². The Labute approximate surface area is 127 Å². The molecule has 0 aromatic heterocycles. The van der Waals surface area contributed by atoms with Crippen LogP contribution in [-0.2, 0) is 0 Å². The van der Waals surface area contributed by atoms with Gasteiger partial charge in [0.1, 0.15) is 12.4 Å². The van der Waals surface area contributed by atoms with Crippen molar-refractivity contribution in [3.8, 4) is 16.9 Å². The fourth-order valence-corrected chi connectivity index (χ4v) is 1.86. The van der Waals surface area contributed by atoms with Crippen molar-refractivity contribution in [2.24, 2.45) is 0 Å². The lowest BCUT2D eigenvalue weighted by Gasteiger charge is -2.06. The van der Waals surface area contributed by atoms with Gasteiger partial charge < -0.3 is 4.74 Å². The lowest BCUT2D eigenvalue weighted by Crippen LogP contribution is -1.94. The molecule has 114 valence electrons. The van der Waals surface area contributed by atoms with E-state index in [0.717, 1.165) is 12.1 Å². The summed E-state index contributed by atoms with van der Waals surface area (Å²) in [5.41, 5.74) is 0.852. The third-order valence-electron chi connectivity index (χ3n) is 2.96. The van der Waals surface area contributed by atoms with Crippen molar-refractivity contribution >= 4 is 0 Å². The number of rotatable bonds is 5. The molecule has 0 radical (unpaired) electrons. The molecule has 0 heterocycles. The maximum atomic E-state index is 13.2. The summed E-state index contributed by atoms with van der Waals surface area (Å²) in [6.45, 7) is 2.34. The molecule has 0 aliphatic rings. The topological polar surface area (TPSA) is 9.23 Å². The summed E-state index contributed by atoms with van der Waals surface area (Å²) in [5.74, 6) is -3.23. The molecule has 2 aromatic rings. The van der Waals surface area contributed by atoms with Gasteiger partial charge in [0.05, 0.1) is 0 Å². The first-order valence-electron chi connectivity index (χ1n) is 6.77. The second-order valence-corrected chi connectivity index (χ2v) is 4.54. The molecule has 0 fully saturated rings. The van der Waals surface area contributed by atoms with E-state index in [1.54, 1.807) is 24.3 Å². The molecule has 2 rings (SSSR count). The van der Waals surface area contributed by atoms with Crippen LogP contribution in [0.15, 0.2) is 60.7 Å². The summed E-state index contributed by atoms with van der Waals surface area (Å²) in [5, 5.41) is 0. The van der Waals surface area contributed by atoms with E-state index in [9.17, 15) is 13.2 Å². The largest absolute Gasteiger partial charge is 0.490 e. The van der Waals surface area contributed by atoms with Gasteiger partial charge in [0, 0.05) is 0 Å². The normalized spacial score (nSPS) is 11.5. The number of halogens is 3. The van der Waals surface area contributed by atoms with Crippen LogP contribution in [0.1, 0.15) is 6.92 Å². The van der Waals surface area contributed by atoms with Crippen molar-refractivity contribution in [2.45, 2.75) is 6.92 Å². The standard InChI is InChI=1S/C18H15F3O/c1-2-3-4-5-10-22-15-8-6-13(7-9-15)14-11-16(19)18(21)17(20)12-14/h2-9,11-12H,10H2,1H3. The van der Waals surface area contributed by atoms with Crippen molar-refractivity contribution in [3.05, 3.63) is 78.2 Å². The molecule has 0 atom stereocenters. The van der Waals surface area contributed by atoms with E-state index >= 15 is 0 Å². The first kappa shape index (κ1) is 15.9. The quantitative estimate of drug-likeness (QED) is 0.539. The molecule has 0 saturated carbocycles. The monoisotopic (exact) mass is 304 g/mol. The van der Waals surface area contributed by atoms with Crippen molar-refractivity contribution in [2.75, 3.05) is 6.61 Å². The Bertz CT molecular complexity index is 665. The van der Waals surface area contributed by atoms with Crippen LogP contribution in [0.2, 0.25) is 0 Å². The van der Waals surface area contributed by atoms with Crippen LogP contribution in [0.4, 0.5) is 13.2 Å². The molecule has 0 aliphatic heterocycles. The van der Waals surface area contributed by atoms with Crippen LogP contribution in [0, 0.1) is 17.5 Å². The van der Waals surface area contributed by atoms with Gasteiger partial charge in [-0.1, -0.05) is 30.4 Å². The molecular formula is C18H15F3O. The Morgan fingerprint density at radius 2 is 1.55 bits per heavy atom. The highest BCUT2D eigenvalue weighted by Crippen LogP contribution is 2.25. The van der Waals surface area contributed by atoms with E-state index in [-0.39, 0.29) is 5.56 Å². The number of hydrogen-bond donors (Lipinski definition) is 0. The van der Waals surface area contributed by atoms with Crippen molar-refractivity contribution in [3.63, 3.8) is 0 Å². The lowest BCUT2D eigenvalue weighted by molar-refractivity contribution is 0.363. The Kier molecular flexibility index (Phi) is 5.42. The molecular weight excluding hydrogens is 289 g/mol. The van der Waals surface area contributed by atoms with Gasteiger partial charge in [-0.2, -0.15) is 0 Å². The summed E-state index contributed by atoms with van der Waals surface area (Å²) >= 11 is 0. The maximum Gasteiger partial charge on any atom is 0.194 e. The van der Waals surface area contributed by atoms with Gasteiger partial charge >= 0.3 is 0 Å². The minimum absolute atomic E-state index is 0.274. The highest BCUT2D eigenvalue weighted by atomic mass is 19.2. The number of allylic oxidation sites excluding steroid dienone is 3. The first-order valence-corrected chi connectivity index (χ1v) is 6.77. The van der Waals surface area contributed by atoms with Crippen molar-refractivity contribution in [1.82, 2.24) is 0 Å². The molecule has 4 heteroatoms. The zero-order chi connectivity index (χ0) is 15.9. The molecule has 0 bridgehead atoms. The molecule has 0 N–H and O–H groups in total. The molecule has 0 aliphatic carbocycles. The third-order valence-corrected chi connectivity index (χ3v) is 2.96. The average molecular weight is 304 g/mol. The predicted molar refractivity (Wildman–Crippen MR) is 81.2 cm³/mol. The van der Waals surface area contributed by atoms with Gasteiger partial charge in [-0.3, -0.25) is 0 Å². The van der Waals surface area contributed by atoms with Crippen LogP contribution in [0.25, 0.3) is 11.1 Å². The number of hydrogen-bond acceptors (Lipinski definition) is 1. The Hall–Kier alpha value is -2.49. The molecule has 1 nitrogen and oxygen atoms in total. The zero-order valence-electron chi connectivity index (χ0n) is 12.0. The second-order valence-electron chi connectivity index (χ2n) is 4.54. The van der Waals surface area contributed by atoms with Crippen LogP contribution in [-0.4, -0.2) is 6.61 Å². The second kappa shape index (κ2) is 7.50. The van der Waals surface area contributed by atoms with Gasteiger partial charge in [0.25, 0.3) is 0 Å². The SMILES string of the molecule is CC=CC=CCOc1ccc(-c2cc(F)c(F)c(F)c2)cc1. The van der Waals surface area contributed by atoms with Crippen molar-refractivity contribution < 1.29 is 17.9 Å². The van der Waals surface area contributed by atoms with Crippen LogP contribution >= 0.6 is 0 Å². The molecule has 0 spiro atoms. The summed E-state index contributed by atoms with van der Waals surface area (Å²) in [6, 6.07) is 8.65. The average Bonchev–Trinajstić information content (AvgIpc) is 2.52. The van der Waals surface area contributed by atoms with E-state index in [2.05, 4.69) is 0 Å². The lowest BCUT2D eigenvalue weighted by atomic mass is 10.1. The minimum Gasteiger partial charge on any atom is -0.490 e. The van der Waals surface area contributed by atoms with Gasteiger partial charge in [-0.05, 0) is 48.4 Å². The summed E-state index contributed by atoms with van der Waals surface area (Å²) in [6.07, 6.45) is 7.54. The van der Waals surface area contributed by atoms with E-state index in [4.69, 9.17) is 4.74 Å². The molecule has 22 heavy (non-hydrogen) atoms. The molecule has 0 amide bonds. The Morgan fingerprint density at radius 3 is 2.14 bits per heavy atom. The van der Waals surface area contributed by atoms with Gasteiger partial charge in [-0.25, -0.2) is 13.2 Å². The van der Waals surface area contributed by atoms with Crippen LogP contribution in [0.5, 0.6) is 5.75 Å². The summed E-state index contributed by atoms with van der Waals surface area (Å²) < 4.78 is 44.9.